The summed E-state index contributed by atoms with van der Waals surface area (Å²) >= 11 is 0. The highest BCUT2D eigenvalue weighted by Gasteiger charge is 2.26. The summed E-state index contributed by atoms with van der Waals surface area (Å²) in [5.41, 5.74) is 1.20. The Morgan fingerprint density at radius 3 is 2.95 bits per heavy atom. The van der Waals surface area contributed by atoms with E-state index >= 15 is 0 Å². The van der Waals surface area contributed by atoms with Gasteiger partial charge in [-0.3, -0.25) is 14.9 Å². The lowest BCUT2D eigenvalue weighted by atomic mass is 9.98. The molecule has 0 bridgehead atoms. The molecule has 0 spiro atoms. The van der Waals surface area contributed by atoms with E-state index in [1.807, 2.05) is 6.07 Å². The van der Waals surface area contributed by atoms with Crippen LogP contribution < -0.4 is 10.6 Å². The zero-order valence-corrected chi connectivity index (χ0v) is 11.8. The molecule has 1 aromatic carbocycles. The van der Waals surface area contributed by atoms with Crippen molar-refractivity contribution in [2.24, 2.45) is 5.92 Å². The summed E-state index contributed by atoms with van der Waals surface area (Å²) in [4.78, 5) is 34.4. The number of benzene rings is 1. The Hall–Kier alpha value is -2.37. The van der Waals surface area contributed by atoms with Crippen LogP contribution in [0.3, 0.4) is 0 Å². The highest BCUT2D eigenvalue weighted by molar-refractivity contribution is 5.98. The third-order valence-electron chi connectivity index (χ3n) is 3.28. The van der Waals surface area contributed by atoms with Gasteiger partial charge in [-0.25, -0.2) is 4.79 Å². The number of carbonyl (C=O) groups is 3. The molecule has 0 aromatic heterocycles. The van der Waals surface area contributed by atoms with Crippen LogP contribution in [0.1, 0.15) is 30.1 Å². The Kier molecular flexibility index (Phi) is 4.92. The molecule has 1 atom stereocenters. The molecule has 6 nitrogen and oxygen atoms in total. The molecule has 0 aliphatic carbocycles. The molecule has 1 aromatic rings. The van der Waals surface area contributed by atoms with Crippen LogP contribution in [0.25, 0.3) is 0 Å². The Morgan fingerprint density at radius 1 is 1.43 bits per heavy atom. The van der Waals surface area contributed by atoms with Crippen LogP contribution in [0.2, 0.25) is 0 Å². The molecule has 1 fully saturated rings. The van der Waals surface area contributed by atoms with E-state index in [4.69, 9.17) is 4.74 Å². The lowest BCUT2D eigenvalue weighted by Gasteiger charge is -2.21. The molecule has 2 N–H and O–H groups in total. The van der Waals surface area contributed by atoms with Gasteiger partial charge < -0.3 is 10.1 Å². The van der Waals surface area contributed by atoms with Gasteiger partial charge in [0, 0.05) is 18.7 Å². The fourth-order valence-electron chi connectivity index (χ4n) is 2.14. The van der Waals surface area contributed by atoms with Gasteiger partial charge >= 0.3 is 5.97 Å². The highest BCUT2D eigenvalue weighted by Crippen LogP contribution is 2.16. The van der Waals surface area contributed by atoms with Gasteiger partial charge in [0.05, 0.1) is 18.1 Å². The molecular formula is C15H18N2O4. The minimum atomic E-state index is -0.373. The van der Waals surface area contributed by atoms with E-state index < -0.39 is 0 Å². The van der Waals surface area contributed by atoms with Gasteiger partial charge in [0.25, 0.3) is 0 Å². The van der Waals surface area contributed by atoms with Crippen molar-refractivity contribution in [1.29, 1.82) is 0 Å². The van der Waals surface area contributed by atoms with Crippen molar-refractivity contribution in [2.45, 2.75) is 19.8 Å². The van der Waals surface area contributed by atoms with Crippen molar-refractivity contribution in [2.75, 3.05) is 18.5 Å². The number of hydrogen-bond acceptors (Lipinski definition) is 5. The molecule has 2 amide bonds. The van der Waals surface area contributed by atoms with Crippen LogP contribution in [-0.4, -0.2) is 30.9 Å². The smallest absolute Gasteiger partial charge is 0.338 e. The number of piperidine rings is 1. The van der Waals surface area contributed by atoms with Gasteiger partial charge in [0.15, 0.2) is 0 Å². The highest BCUT2D eigenvalue weighted by atomic mass is 16.5. The van der Waals surface area contributed by atoms with Crippen molar-refractivity contribution in [3.05, 3.63) is 29.8 Å². The SMILES string of the molecule is CCOC(=O)c1cccc(NCC2CCC(=O)NC2=O)c1. The van der Waals surface area contributed by atoms with E-state index in [2.05, 4.69) is 10.6 Å². The summed E-state index contributed by atoms with van der Waals surface area (Å²) in [7, 11) is 0. The Morgan fingerprint density at radius 2 is 2.24 bits per heavy atom. The molecule has 1 unspecified atom stereocenters. The molecule has 1 saturated heterocycles. The maximum absolute atomic E-state index is 11.6. The zero-order chi connectivity index (χ0) is 15.2. The number of ether oxygens (including phenoxy) is 1. The summed E-state index contributed by atoms with van der Waals surface area (Å²) in [5.74, 6) is -1.09. The summed E-state index contributed by atoms with van der Waals surface area (Å²) in [6.45, 7) is 2.50. The molecular weight excluding hydrogens is 272 g/mol. The first-order valence-corrected chi connectivity index (χ1v) is 6.95. The molecule has 6 heteroatoms. The maximum atomic E-state index is 11.6. The zero-order valence-electron chi connectivity index (χ0n) is 11.8. The van der Waals surface area contributed by atoms with Gasteiger partial charge in [0.1, 0.15) is 0 Å². The third-order valence-corrected chi connectivity index (χ3v) is 3.28. The fourth-order valence-corrected chi connectivity index (χ4v) is 2.14. The molecule has 21 heavy (non-hydrogen) atoms. The molecule has 2 rings (SSSR count). The van der Waals surface area contributed by atoms with Gasteiger partial charge in [-0.2, -0.15) is 0 Å². The second-order valence-electron chi connectivity index (χ2n) is 4.83. The summed E-state index contributed by atoms with van der Waals surface area (Å²) in [5, 5.41) is 5.44. The summed E-state index contributed by atoms with van der Waals surface area (Å²) in [6, 6.07) is 6.92. The van der Waals surface area contributed by atoms with Crippen molar-refractivity contribution >= 4 is 23.5 Å². The number of imide groups is 1. The number of esters is 1. The summed E-state index contributed by atoms with van der Waals surface area (Å²) < 4.78 is 4.94. The van der Waals surface area contributed by atoms with E-state index in [1.54, 1.807) is 25.1 Å². The van der Waals surface area contributed by atoms with Crippen LogP contribution in [0, 0.1) is 5.92 Å². The van der Waals surface area contributed by atoms with Crippen molar-refractivity contribution in [3.8, 4) is 0 Å². The monoisotopic (exact) mass is 290 g/mol. The third kappa shape index (κ3) is 4.05. The Bertz CT molecular complexity index is 556. The van der Waals surface area contributed by atoms with Gasteiger partial charge in [-0.05, 0) is 31.5 Å². The molecule has 1 aliphatic rings. The summed E-state index contributed by atoms with van der Waals surface area (Å²) in [6.07, 6.45) is 0.899. The average molecular weight is 290 g/mol. The number of nitrogens with one attached hydrogen (secondary N) is 2. The minimum Gasteiger partial charge on any atom is -0.462 e. The minimum absolute atomic E-state index is 0.222. The van der Waals surface area contributed by atoms with E-state index in [0.29, 0.717) is 31.6 Å². The largest absolute Gasteiger partial charge is 0.462 e. The Balaban J connectivity index is 1.94. The van der Waals surface area contributed by atoms with Crippen LogP contribution in [0.5, 0.6) is 0 Å². The van der Waals surface area contributed by atoms with Gasteiger partial charge in [-0.1, -0.05) is 6.07 Å². The van der Waals surface area contributed by atoms with E-state index in [1.165, 1.54) is 0 Å². The van der Waals surface area contributed by atoms with Crippen molar-refractivity contribution < 1.29 is 19.1 Å². The Labute approximate surface area is 122 Å². The average Bonchev–Trinajstić information content (AvgIpc) is 2.47. The van der Waals surface area contributed by atoms with Crippen molar-refractivity contribution in [3.63, 3.8) is 0 Å². The van der Waals surface area contributed by atoms with Crippen LogP contribution in [0.4, 0.5) is 5.69 Å². The van der Waals surface area contributed by atoms with Gasteiger partial charge in [-0.15, -0.1) is 0 Å². The van der Waals surface area contributed by atoms with Crippen molar-refractivity contribution in [1.82, 2.24) is 5.32 Å². The first-order chi connectivity index (χ1) is 10.1. The fraction of sp³-hybridized carbons (Fsp3) is 0.400. The lowest BCUT2D eigenvalue weighted by molar-refractivity contribution is -0.135. The van der Waals surface area contributed by atoms with E-state index in [0.717, 1.165) is 5.69 Å². The molecule has 0 radical (unpaired) electrons. The van der Waals surface area contributed by atoms with E-state index in [-0.39, 0.29) is 23.7 Å². The predicted molar refractivity (Wildman–Crippen MR) is 76.8 cm³/mol. The van der Waals surface area contributed by atoms with Gasteiger partial charge in [0.2, 0.25) is 11.8 Å². The number of amides is 2. The van der Waals surface area contributed by atoms with Crippen LogP contribution >= 0.6 is 0 Å². The second-order valence-corrected chi connectivity index (χ2v) is 4.83. The van der Waals surface area contributed by atoms with Crippen LogP contribution in [-0.2, 0) is 14.3 Å². The molecule has 1 heterocycles. The molecule has 0 saturated carbocycles. The molecule has 112 valence electrons. The topological polar surface area (TPSA) is 84.5 Å². The van der Waals surface area contributed by atoms with Crippen LogP contribution in [0.15, 0.2) is 24.3 Å². The second kappa shape index (κ2) is 6.88. The number of anilines is 1. The lowest BCUT2D eigenvalue weighted by Crippen LogP contribution is -2.43. The standard InChI is InChI=1S/C15H18N2O4/c1-2-21-15(20)10-4-3-5-12(8-10)16-9-11-6-7-13(18)17-14(11)19/h3-5,8,11,16H,2,6-7,9H2,1H3,(H,17,18,19). The first-order valence-electron chi connectivity index (χ1n) is 6.95. The quantitative estimate of drug-likeness (QED) is 0.631. The number of carbonyl (C=O) groups excluding carboxylic acids is 3. The number of rotatable bonds is 5. The maximum Gasteiger partial charge on any atom is 0.338 e. The normalized spacial score (nSPS) is 18.0. The molecule has 1 aliphatic heterocycles. The first kappa shape index (κ1) is 15.0. The number of hydrogen-bond donors (Lipinski definition) is 2. The van der Waals surface area contributed by atoms with E-state index in [9.17, 15) is 14.4 Å². The predicted octanol–water partition coefficient (Wildman–Crippen LogP) is 1.33.